The van der Waals surface area contributed by atoms with E-state index in [4.69, 9.17) is 0 Å². The van der Waals surface area contributed by atoms with Crippen LogP contribution in [0.5, 0.6) is 0 Å². The summed E-state index contributed by atoms with van der Waals surface area (Å²) < 4.78 is 1.87. The number of fused-ring (bicyclic) bond motifs is 2. The Bertz CT molecular complexity index is 1200. The van der Waals surface area contributed by atoms with Crippen LogP contribution in [0.2, 0.25) is 0 Å². The predicted molar refractivity (Wildman–Crippen MR) is 111 cm³/mol. The molecule has 4 rings (SSSR count). The quantitative estimate of drug-likeness (QED) is 0.526. The maximum atomic E-state index is 12.9. The Morgan fingerprint density at radius 2 is 2.04 bits per heavy atom. The van der Waals surface area contributed by atoms with Gasteiger partial charge in [-0.15, -0.1) is 10.2 Å². The monoisotopic (exact) mass is 393 g/mol. The molecule has 0 aliphatic rings. The number of thioether (sulfide) groups is 1. The van der Waals surface area contributed by atoms with Crippen LogP contribution in [0.1, 0.15) is 28.8 Å². The van der Waals surface area contributed by atoms with E-state index in [1.807, 2.05) is 47.2 Å². The first-order valence-corrected chi connectivity index (χ1v) is 10.3. The Hall–Kier alpha value is -3.13. The van der Waals surface area contributed by atoms with Gasteiger partial charge in [-0.25, -0.2) is 0 Å². The second kappa shape index (κ2) is 7.85. The predicted octanol–water partition coefficient (Wildman–Crippen LogP) is 2.80. The van der Waals surface area contributed by atoms with E-state index in [9.17, 15) is 9.59 Å². The molecule has 142 valence electrons. The molecule has 0 radical (unpaired) electrons. The van der Waals surface area contributed by atoms with Crippen molar-refractivity contribution in [2.24, 2.45) is 0 Å². The lowest BCUT2D eigenvalue weighted by molar-refractivity contribution is 0.0928. The summed E-state index contributed by atoms with van der Waals surface area (Å²) in [5.41, 5.74) is 0.670. The average Bonchev–Trinajstić information content (AvgIpc) is 3.15. The number of rotatable bonds is 6. The SMILES string of the molecule is CSCCC(NC(=O)c1cc2ccccc2c(=O)[nH]1)c1nnc2ccccn12. The van der Waals surface area contributed by atoms with Gasteiger partial charge in [0.2, 0.25) is 0 Å². The Labute approximate surface area is 165 Å². The van der Waals surface area contributed by atoms with Crippen molar-refractivity contribution in [3.63, 3.8) is 0 Å². The van der Waals surface area contributed by atoms with Gasteiger partial charge in [0.15, 0.2) is 11.5 Å². The van der Waals surface area contributed by atoms with E-state index in [1.165, 1.54) is 0 Å². The molecule has 1 atom stereocenters. The number of hydrogen-bond donors (Lipinski definition) is 2. The molecule has 0 aliphatic carbocycles. The molecule has 1 unspecified atom stereocenters. The van der Waals surface area contributed by atoms with Gasteiger partial charge in [0.05, 0.1) is 6.04 Å². The number of nitrogens with one attached hydrogen (secondary N) is 2. The molecule has 7 nitrogen and oxygen atoms in total. The lowest BCUT2D eigenvalue weighted by atomic mass is 10.1. The number of hydrogen-bond acceptors (Lipinski definition) is 5. The molecule has 0 aliphatic heterocycles. The van der Waals surface area contributed by atoms with Crippen molar-refractivity contribution in [1.29, 1.82) is 0 Å². The summed E-state index contributed by atoms with van der Waals surface area (Å²) in [6.07, 6.45) is 4.59. The van der Waals surface area contributed by atoms with Crippen LogP contribution in [0.3, 0.4) is 0 Å². The number of carbonyl (C=O) groups excluding carboxylic acids is 1. The third-order valence-corrected chi connectivity index (χ3v) is 5.21. The lowest BCUT2D eigenvalue weighted by Crippen LogP contribution is -2.32. The van der Waals surface area contributed by atoms with Crippen LogP contribution >= 0.6 is 11.8 Å². The fourth-order valence-corrected chi connectivity index (χ4v) is 3.64. The van der Waals surface area contributed by atoms with Gasteiger partial charge in [0.25, 0.3) is 11.5 Å². The van der Waals surface area contributed by atoms with Crippen LogP contribution in [0.15, 0.2) is 59.5 Å². The van der Waals surface area contributed by atoms with Crippen molar-refractivity contribution >= 4 is 34.1 Å². The Balaban J connectivity index is 1.67. The molecule has 1 amide bonds. The fourth-order valence-electron chi connectivity index (χ4n) is 3.17. The van der Waals surface area contributed by atoms with E-state index in [0.717, 1.165) is 16.8 Å². The first-order chi connectivity index (χ1) is 13.7. The molecule has 3 aromatic heterocycles. The largest absolute Gasteiger partial charge is 0.341 e. The minimum absolute atomic E-state index is 0.228. The number of benzene rings is 1. The minimum atomic E-state index is -0.346. The maximum absolute atomic E-state index is 12.9. The maximum Gasteiger partial charge on any atom is 0.268 e. The van der Waals surface area contributed by atoms with Gasteiger partial charge in [0, 0.05) is 11.6 Å². The topological polar surface area (TPSA) is 92.1 Å². The summed E-state index contributed by atoms with van der Waals surface area (Å²) in [7, 11) is 0. The third-order valence-electron chi connectivity index (χ3n) is 4.57. The number of H-pyrrole nitrogens is 1. The molecule has 4 aromatic rings. The van der Waals surface area contributed by atoms with Crippen LogP contribution < -0.4 is 10.9 Å². The fraction of sp³-hybridized carbons (Fsp3) is 0.200. The zero-order chi connectivity index (χ0) is 19.5. The second-order valence-electron chi connectivity index (χ2n) is 6.39. The van der Waals surface area contributed by atoms with Crippen molar-refractivity contribution in [3.8, 4) is 0 Å². The van der Waals surface area contributed by atoms with Crippen molar-refractivity contribution in [2.75, 3.05) is 12.0 Å². The van der Waals surface area contributed by atoms with Gasteiger partial charge in [-0.1, -0.05) is 24.3 Å². The Morgan fingerprint density at radius 1 is 1.21 bits per heavy atom. The molecule has 0 fully saturated rings. The zero-order valence-corrected chi connectivity index (χ0v) is 16.1. The van der Waals surface area contributed by atoms with E-state index in [-0.39, 0.29) is 23.2 Å². The molecule has 28 heavy (non-hydrogen) atoms. The van der Waals surface area contributed by atoms with Gasteiger partial charge >= 0.3 is 0 Å². The van der Waals surface area contributed by atoms with Crippen LogP contribution in [0, 0.1) is 0 Å². The molecule has 8 heteroatoms. The molecule has 0 saturated carbocycles. The first-order valence-electron chi connectivity index (χ1n) is 8.89. The van der Waals surface area contributed by atoms with Crippen LogP contribution in [0.4, 0.5) is 0 Å². The van der Waals surface area contributed by atoms with E-state index in [2.05, 4.69) is 20.5 Å². The van der Waals surface area contributed by atoms with Gasteiger partial charge in [-0.3, -0.25) is 14.0 Å². The van der Waals surface area contributed by atoms with Gasteiger partial charge in [-0.05, 0) is 48.1 Å². The molecule has 1 aromatic carbocycles. The Kier molecular flexibility index (Phi) is 5.12. The molecular weight excluding hydrogens is 374 g/mol. The number of pyridine rings is 2. The summed E-state index contributed by atoms with van der Waals surface area (Å²) in [5, 5.41) is 12.8. The highest BCUT2D eigenvalue weighted by atomic mass is 32.2. The highest BCUT2D eigenvalue weighted by Crippen LogP contribution is 2.19. The smallest absolute Gasteiger partial charge is 0.268 e. The molecule has 3 heterocycles. The molecule has 0 saturated heterocycles. The number of nitrogens with zero attached hydrogens (tertiary/aromatic N) is 3. The summed E-state index contributed by atoms with van der Waals surface area (Å²) in [6, 6.07) is 14.2. The minimum Gasteiger partial charge on any atom is -0.341 e. The summed E-state index contributed by atoms with van der Waals surface area (Å²) in [4.78, 5) is 27.9. The van der Waals surface area contributed by atoms with E-state index in [0.29, 0.717) is 17.6 Å². The summed E-state index contributed by atoms with van der Waals surface area (Å²) >= 11 is 1.69. The highest BCUT2D eigenvalue weighted by Gasteiger charge is 2.21. The van der Waals surface area contributed by atoms with Crippen LogP contribution in [0.25, 0.3) is 16.4 Å². The highest BCUT2D eigenvalue weighted by molar-refractivity contribution is 7.98. The van der Waals surface area contributed by atoms with Gasteiger partial charge in [-0.2, -0.15) is 11.8 Å². The molecule has 0 bridgehead atoms. The molecule has 0 spiro atoms. The van der Waals surface area contributed by atoms with Gasteiger partial charge in [0.1, 0.15) is 5.69 Å². The number of aromatic nitrogens is 4. The standard InChI is InChI=1S/C20H19N5O2S/c1-28-11-9-15(18-24-23-17-8-4-5-10-25(17)18)21-20(27)16-12-13-6-2-3-7-14(13)19(26)22-16/h2-8,10,12,15H,9,11H2,1H3,(H,21,27)(H,22,26). The van der Waals surface area contributed by atoms with Crippen LogP contribution in [-0.2, 0) is 0 Å². The number of amides is 1. The normalized spacial score (nSPS) is 12.3. The zero-order valence-electron chi connectivity index (χ0n) is 15.3. The number of carbonyl (C=O) groups is 1. The van der Waals surface area contributed by atoms with Gasteiger partial charge < -0.3 is 10.3 Å². The third kappa shape index (κ3) is 3.50. The van der Waals surface area contributed by atoms with E-state index < -0.39 is 0 Å². The van der Waals surface area contributed by atoms with Crippen molar-refractivity contribution in [1.82, 2.24) is 24.9 Å². The lowest BCUT2D eigenvalue weighted by Gasteiger charge is -2.17. The molecule has 2 N–H and O–H groups in total. The van der Waals surface area contributed by atoms with Crippen LogP contribution in [-0.4, -0.2) is 37.5 Å². The second-order valence-corrected chi connectivity index (χ2v) is 7.38. The Morgan fingerprint density at radius 3 is 2.89 bits per heavy atom. The van der Waals surface area contributed by atoms with Crippen molar-refractivity contribution < 1.29 is 4.79 Å². The first kappa shape index (κ1) is 18.2. The van der Waals surface area contributed by atoms with Crippen molar-refractivity contribution in [2.45, 2.75) is 12.5 Å². The number of aromatic amines is 1. The average molecular weight is 393 g/mol. The summed E-state index contributed by atoms with van der Waals surface area (Å²) in [5.74, 6) is 1.17. The van der Waals surface area contributed by atoms with Crippen molar-refractivity contribution in [3.05, 3.63) is 76.6 Å². The van der Waals surface area contributed by atoms with E-state index in [1.54, 1.807) is 30.0 Å². The summed E-state index contributed by atoms with van der Waals surface area (Å²) in [6.45, 7) is 0. The van der Waals surface area contributed by atoms with E-state index >= 15 is 0 Å². The molecular formula is C20H19N5O2S.